The number of carbonyl (C=O) groups is 2. The fourth-order valence-electron chi connectivity index (χ4n) is 4.44. The average Bonchev–Trinajstić information content (AvgIpc) is 3.13. The highest BCUT2D eigenvalue weighted by Gasteiger charge is 2.38. The molecular weight excluding hydrogens is 437 g/mol. The molecule has 1 fully saturated rings. The van der Waals surface area contributed by atoms with Crippen LogP contribution in [0.1, 0.15) is 69.4 Å². The van der Waals surface area contributed by atoms with Crippen molar-refractivity contribution in [3.05, 3.63) is 57.9 Å². The molecule has 0 saturated carbocycles. The summed E-state index contributed by atoms with van der Waals surface area (Å²) in [6.45, 7) is 4.57. The van der Waals surface area contributed by atoms with E-state index in [4.69, 9.17) is 9.47 Å². The average molecular weight is 467 g/mol. The number of benzene rings is 1. The molecule has 3 rings (SSSR count). The second-order valence-corrected chi connectivity index (χ2v) is 8.37. The predicted octanol–water partition coefficient (Wildman–Crippen LogP) is 4.56. The highest BCUT2D eigenvalue weighted by atomic mass is 19.4. The Morgan fingerprint density at radius 1 is 1.24 bits per heavy atom. The Labute approximate surface area is 190 Å². The summed E-state index contributed by atoms with van der Waals surface area (Å²) in [5.41, 5.74) is 0.864. The molecule has 1 aliphatic heterocycles. The summed E-state index contributed by atoms with van der Waals surface area (Å²) in [5, 5.41) is 2.90. The summed E-state index contributed by atoms with van der Waals surface area (Å²) >= 11 is 0. The third kappa shape index (κ3) is 5.24. The first kappa shape index (κ1) is 24.8. The molecule has 1 aromatic carbocycles. The van der Waals surface area contributed by atoms with E-state index < -0.39 is 29.0 Å². The van der Waals surface area contributed by atoms with E-state index in [0.717, 1.165) is 12.1 Å². The zero-order valence-electron chi connectivity index (χ0n) is 19.0. The van der Waals surface area contributed by atoms with Crippen LogP contribution in [0.5, 0.6) is 0 Å². The maximum atomic E-state index is 13.3. The van der Waals surface area contributed by atoms with Gasteiger partial charge in [-0.3, -0.25) is 4.79 Å². The minimum Gasteiger partial charge on any atom is -0.465 e. The standard InChI is InChI=1S/C24H29F3N2O4/c1-4-6-18-19(22(31)32-3)15(2)29-20(18)21(30)28-14-23(9-11-33-12-10-23)16-7-5-8-17(13-16)24(25,26)27/h5,7-8,13,29H,4,6,9-12,14H2,1-3H3,(H,28,30). The molecule has 0 bridgehead atoms. The predicted molar refractivity (Wildman–Crippen MR) is 116 cm³/mol. The Morgan fingerprint density at radius 3 is 2.55 bits per heavy atom. The fraction of sp³-hybridized carbons (Fsp3) is 0.500. The zero-order chi connectivity index (χ0) is 24.2. The first-order chi connectivity index (χ1) is 15.6. The van der Waals surface area contributed by atoms with Gasteiger partial charge in [-0.2, -0.15) is 13.2 Å². The molecule has 2 N–H and O–H groups in total. The monoisotopic (exact) mass is 466 g/mol. The van der Waals surface area contributed by atoms with Crippen LogP contribution in [0.2, 0.25) is 0 Å². The molecule has 0 aliphatic carbocycles. The van der Waals surface area contributed by atoms with E-state index in [1.54, 1.807) is 13.0 Å². The molecule has 1 saturated heterocycles. The summed E-state index contributed by atoms with van der Waals surface area (Å²) in [4.78, 5) is 28.4. The van der Waals surface area contributed by atoms with Gasteiger partial charge in [-0.15, -0.1) is 0 Å². The van der Waals surface area contributed by atoms with Gasteiger partial charge in [-0.25, -0.2) is 4.79 Å². The highest BCUT2D eigenvalue weighted by Crippen LogP contribution is 2.38. The number of halogens is 3. The summed E-state index contributed by atoms with van der Waals surface area (Å²) in [5.74, 6) is -0.925. The third-order valence-electron chi connectivity index (χ3n) is 6.25. The largest absolute Gasteiger partial charge is 0.465 e. The zero-order valence-corrected chi connectivity index (χ0v) is 19.0. The molecular formula is C24H29F3N2O4. The van der Waals surface area contributed by atoms with Crippen molar-refractivity contribution in [1.82, 2.24) is 10.3 Å². The first-order valence-electron chi connectivity index (χ1n) is 11.0. The number of nitrogens with one attached hydrogen (secondary N) is 2. The number of hydrogen-bond donors (Lipinski definition) is 2. The number of ether oxygens (including phenoxy) is 2. The van der Waals surface area contributed by atoms with E-state index in [2.05, 4.69) is 10.3 Å². The number of rotatable bonds is 7. The van der Waals surface area contributed by atoms with Gasteiger partial charge in [-0.05, 0) is 43.4 Å². The fourth-order valence-corrected chi connectivity index (χ4v) is 4.44. The minimum absolute atomic E-state index is 0.147. The molecule has 0 radical (unpaired) electrons. The Kier molecular flexibility index (Phi) is 7.51. The van der Waals surface area contributed by atoms with Crippen molar-refractivity contribution in [2.45, 2.75) is 51.1 Å². The number of aryl methyl sites for hydroxylation is 1. The van der Waals surface area contributed by atoms with E-state index in [9.17, 15) is 22.8 Å². The molecule has 0 unspecified atom stereocenters. The lowest BCUT2D eigenvalue weighted by Gasteiger charge is -2.38. The van der Waals surface area contributed by atoms with Crippen LogP contribution in [0, 0.1) is 6.92 Å². The molecule has 6 nitrogen and oxygen atoms in total. The summed E-state index contributed by atoms with van der Waals surface area (Å²) in [7, 11) is 1.29. The smallest absolute Gasteiger partial charge is 0.416 e. The van der Waals surface area contributed by atoms with Gasteiger partial charge in [0.1, 0.15) is 5.69 Å². The lowest BCUT2D eigenvalue weighted by atomic mass is 9.73. The number of hydrogen-bond acceptors (Lipinski definition) is 4. The molecule has 33 heavy (non-hydrogen) atoms. The number of aromatic amines is 1. The SMILES string of the molecule is CCCc1c(C(=O)NCC2(c3cccc(C(F)(F)F)c3)CCOCC2)[nH]c(C)c1C(=O)OC. The minimum atomic E-state index is -4.45. The van der Waals surface area contributed by atoms with Gasteiger partial charge in [0.05, 0.1) is 18.2 Å². The summed E-state index contributed by atoms with van der Waals surface area (Å²) in [6.07, 6.45) is -2.27. The summed E-state index contributed by atoms with van der Waals surface area (Å²) in [6, 6.07) is 5.27. The second kappa shape index (κ2) is 9.99. The molecule has 0 spiro atoms. The Balaban J connectivity index is 1.90. The molecule has 1 amide bonds. The van der Waals surface area contributed by atoms with Crippen LogP contribution >= 0.6 is 0 Å². The van der Waals surface area contributed by atoms with Crippen LogP contribution in [-0.4, -0.2) is 43.7 Å². The van der Waals surface area contributed by atoms with Gasteiger partial charge < -0.3 is 19.8 Å². The number of alkyl halides is 3. The quantitative estimate of drug-likeness (QED) is 0.587. The van der Waals surface area contributed by atoms with Crippen molar-refractivity contribution >= 4 is 11.9 Å². The van der Waals surface area contributed by atoms with Crippen molar-refractivity contribution in [2.24, 2.45) is 0 Å². The second-order valence-electron chi connectivity index (χ2n) is 8.37. The lowest BCUT2D eigenvalue weighted by Crippen LogP contribution is -2.45. The third-order valence-corrected chi connectivity index (χ3v) is 6.25. The number of methoxy groups -OCH3 is 1. The Bertz CT molecular complexity index is 1010. The van der Waals surface area contributed by atoms with Crippen LogP contribution in [-0.2, 0) is 27.5 Å². The number of aromatic nitrogens is 1. The number of carbonyl (C=O) groups excluding carboxylic acids is 2. The summed E-state index contributed by atoms with van der Waals surface area (Å²) < 4.78 is 50.3. The van der Waals surface area contributed by atoms with Gasteiger partial charge >= 0.3 is 12.1 Å². The Morgan fingerprint density at radius 2 is 1.94 bits per heavy atom. The maximum Gasteiger partial charge on any atom is 0.416 e. The van der Waals surface area contributed by atoms with E-state index in [1.807, 2.05) is 6.92 Å². The first-order valence-corrected chi connectivity index (χ1v) is 11.0. The van der Waals surface area contributed by atoms with Crippen molar-refractivity contribution < 1.29 is 32.2 Å². The van der Waals surface area contributed by atoms with Gasteiger partial charge in [0.15, 0.2) is 0 Å². The van der Waals surface area contributed by atoms with Crippen molar-refractivity contribution in [3.63, 3.8) is 0 Å². The molecule has 1 aliphatic rings. The highest BCUT2D eigenvalue weighted by molar-refractivity contribution is 6.00. The van der Waals surface area contributed by atoms with Crippen molar-refractivity contribution in [1.29, 1.82) is 0 Å². The number of H-pyrrole nitrogens is 1. The van der Waals surface area contributed by atoms with E-state index >= 15 is 0 Å². The van der Waals surface area contributed by atoms with E-state index in [-0.39, 0.29) is 12.2 Å². The van der Waals surface area contributed by atoms with Crippen LogP contribution in [0.15, 0.2) is 24.3 Å². The van der Waals surface area contributed by atoms with Crippen LogP contribution in [0.25, 0.3) is 0 Å². The molecule has 9 heteroatoms. The van der Waals surface area contributed by atoms with E-state index in [1.165, 1.54) is 13.2 Å². The number of amides is 1. The Hall–Kier alpha value is -2.81. The van der Waals surface area contributed by atoms with Gasteiger partial charge in [0.2, 0.25) is 0 Å². The van der Waals surface area contributed by atoms with Crippen molar-refractivity contribution in [3.8, 4) is 0 Å². The van der Waals surface area contributed by atoms with Crippen LogP contribution in [0.4, 0.5) is 13.2 Å². The number of esters is 1. The molecule has 0 atom stereocenters. The van der Waals surface area contributed by atoms with Gasteiger partial charge in [-0.1, -0.05) is 31.5 Å². The lowest BCUT2D eigenvalue weighted by molar-refractivity contribution is -0.137. The molecule has 2 aromatic rings. The molecule has 180 valence electrons. The van der Waals surface area contributed by atoms with E-state index in [0.29, 0.717) is 61.3 Å². The topological polar surface area (TPSA) is 80.4 Å². The van der Waals surface area contributed by atoms with Gasteiger partial charge in [0.25, 0.3) is 5.91 Å². The van der Waals surface area contributed by atoms with Crippen LogP contribution < -0.4 is 5.32 Å². The van der Waals surface area contributed by atoms with Crippen LogP contribution in [0.3, 0.4) is 0 Å². The molecule has 1 aromatic heterocycles. The van der Waals surface area contributed by atoms with Crippen molar-refractivity contribution in [2.75, 3.05) is 26.9 Å². The maximum absolute atomic E-state index is 13.3. The van der Waals surface area contributed by atoms with Gasteiger partial charge in [0, 0.05) is 30.9 Å². The normalized spacial score (nSPS) is 15.8. The molecule has 2 heterocycles.